The third-order valence-corrected chi connectivity index (χ3v) is 2.63. The smallest absolute Gasteiger partial charge is 0.236 e. The summed E-state index contributed by atoms with van der Waals surface area (Å²) in [6, 6.07) is 0.109. The molecule has 5 heteroatoms. The fraction of sp³-hybridized carbons (Fsp3) is 0.818. The first-order valence-electron chi connectivity index (χ1n) is 5.58. The Morgan fingerprint density at radius 2 is 2.00 bits per heavy atom. The van der Waals surface area contributed by atoms with Crippen molar-refractivity contribution in [3.63, 3.8) is 0 Å². The van der Waals surface area contributed by atoms with Crippen molar-refractivity contribution >= 4 is 11.7 Å². The van der Waals surface area contributed by atoms with Crippen LogP contribution >= 0.6 is 0 Å². The maximum atomic E-state index is 12.3. The zero-order valence-electron chi connectivity index (χ0n) is 10.8. The first kappa shape index (κ1) is 14.7. The molecule has 1 amide bonds. The predicted molar refractivity (Wildman–Crippen MR) is 64.3 cm³/mol. The normalized spacial score (nSPS) is 13.0. The lowest BCUT2D eigenvalue weighted by molar-refractivity contribution is -0.138. The van der Waals surface area contributed by atoms with Gasteiger partial charge in [0.05, 0.1) is 0 Å². The second kappa shape index (κ2) is 5.72. The summed E-state index contributed by atoms with van der Waals surface area (Å²) in [5, 5.41) is 11.6. The van der Waals surface area contributed by atoms with Crippen LogP contribution in [0, 0.1) is 5.41 Å². The zero-order valence-corrected chi connectivity index (χ0v) is 10.8. The summed E-state index contributed by atoms with van der Waals surface area (Å²) in [5.41, 5.74) is 4.57. The number of amides is 1. The Morgan fingerprint density at radius 3 is 2.31 bits per heavy atom. The van der Waals surface area contributed by atoms with Gasteiger partial charge < -0.3 is 15.8 Å². The van der Waals surface area contributed by atoms with Crippen molar-refractivity contribution in [2.24, 2.45) is 16.3 Å². The van der Waals surface area contributed by atoms with Crippen LogP contribution in [0.5, 0.6) is 0 Å². The molecule has 0 rings (SSSR count). The van der Waals surface area contributed by atoms with Gasteiger partial charge in [-0.2, -0.15) is 0 Å². The molecule has 0 aliphatic carbocycles. The fourth-order valence-electron chi connectivity index (χ4n) is 1.43. The Balaban J connectivity index is 5.00. The Hall–Kier alpha value is -1.26. The Morgan fingerprint density at radius 1 is 1.50 bits per heavy atom. The van der Waals surface area contributed by atoms with Gasteiger partial charge in [0.25, 0.3) is 0 Å². The van der Waals surface area contributed by atoms with Gasteiger partial charge in [0.2, 0.25) is 5.91 Å². The monoisotopic (exact) mass is 229 g/mol. The first-order valence-corrected chi connectivity index (χ1v) is 5.58. The number of nitrogens with zero attached hydrogens (tertiary/aromatic N) is 2. The van der Waals surface area contributed by atoms with Crippen LogP contribution in [0.1, 0.15) is 41.0 Å². The maximum Gasteiger partial charge on any atom is 0.236 e. The van der Waals surface area contributed by atoms with Crippen molar-refractivity contribution in [3.05, 3.63) is 0 Å². The van der Waals surface area contributed by atoms with Crippen molar-refractivity contribution in [1.82, 2.24) is 4.90 Å². The number of carbonyl (C=O) groups is 1. The lowest BCUT2D eigenvalue weighted by Crippen LogP contribution is -2.50. The molecule has 0 aromatic rings. The topological polar surface area (TPSA) is 78.9 Å². The van der Waals surface area contributed by atoms with Crippen LogP contribution < -0.4 is 5.73 Å². The molecule has 0 radical (unpaired) electrons. The van der Waals surface area contributed by atoms with E-state index in [0.29, 0.717) is 6.54 Å². The van der Waals surface area contributed by atoms with Gasteiger partial charge in [-0.25, -0.2) is 0 Å². The number of hydrogen-bond donors (Lipinski definition) is 2. The van der Waals surface area contributed by atoms with E-state index in [-0.39, 0.29) is 17.8 Å². The van der Waals surface area contributed by atoms with Crippen LogP contribution in [-0.4, -0.2) is 34.4 Å². The molecule has 0 aliphatic heterocycles. The fourth-order valence-corrected chi connectivity index (χ4v) is 1.43. The molecule has 0 saturated heterocycles. The van der Waals surface area contributed by atoms with E-state index < -0.39 is 5.41 Å². The minimum atomic E-state index is -0.964. The van der Waals surface area contributed by atoms with Crippen molar-refractivity contribution in [2.75, 3.05) is 6.54 Å². The van der Waals surface area contributed by atoms with Gasteiger partial charge in [-0.1, -0.05) is 12.1 Å². The van der Waals surface area contributed by atoms with Gasteiger partial charge in [0.15, 0.2) is 5.84 Å². The molecule has 0 heterocycles. The highest BCUT2D eigenvalue weighted by Crippen LogP contribution is 2.21. The van der Waals surface area contributed by atoms with Crippen LogP contribution in [0.15, 0.2) is 5.16 Å². The SMILES string of the molecule is CCCN(C(=O)C(C)(C)C(N)=NO)C(C)C. The molecule has 0 aliphatic rings. The molecule has 0 spiro atoms. The summed E-state index contributed by atoms with van der Waals surface area (Å²) < 4.78 is 0. The molecule has 94 valence electrons. The first-order chi connectivity index (χ1) is 7.28. The number of amidine groups is 1. The van der Waals surface area contributed by atoms with Gasteiger partial charge in [0, 0.05) is 12.6 Å². The Kier molecular flexibility index (Phi) is 5.27. The molecule has 0 atom stereocenters. The molecule has 0 aromatic carbocycles. The number of rotatable bonds is 5. The van der Waals surface area contributed by atoms with E-state index in [4.69, 9.17) is 10.9 Å². The van der Waals surface area contributed by atoms with Gasteiger partial charge in [-0.05, 0) is 34.1 Å². The minimum absolute atomic E-state index is 0.0562. The van der Waals surface area contributed by atoms with Gasteiger partial charge in [0.1, 0.15) is 5.41 Å². The van der Waals surface area contributed by atoms with Crippen LogP contribution in [0.3, 0.4) is 0 Å². The van der Waals surface area contributed by atoms with Crippen LogP contribution in [-0.2, 0) is 4.79 Å². The minimum Gasteiger partial charge on any atom is -0.409 e. The molecular formula is C11H23N3O2. The molecule has 0 fully saturated rings. The summed E-state index contributed by atoms with van der Waals surface area (Å²) in [6.45, 7) is 9.93. The van der Waals surface area contributed by atoms with E-state index in [0.717, 1.165) is 6.42 Å². The second-order valence-corrected chi connectivity index (χ2v) is 4.70. The van der Waals surface area contributed by atoms with E-state index >= 15 is 0 Å². The van der Waals surface area contributed by atoms with Crippen molar-refractivity contribution in [1.29, 1.82) is 0 Å². The predicted octanol–water partition coefficient (Wildman–Crippen LogP) is 1.41. The Labute approximate surface area is 97.3 Å². The molecule has 16 heavy (non-hydrogen) atoms. The standard InChI is InChI=1S/C11H23N3O2/c1-6-7-14(8(2)3)10(15)11(4,5)9(12)13-16/h8,16H,6-7H2,1-5H3,(H2,12,13). The third-order valence-electron chi connectivity index (χ3n) is 2.63. The third kappa shape index (κ3) is 3.12. The summed E-state index contributed by atoms with van der Waals surface area (Å²) in [6.07, 6.45) is 0.885. The van der Waals surface area contributed by atoms with E-state index in [1.54, 1.807) is 18.7 Å². The lowest BCUT2D eigenvalue weighted by atomic mass is 9.89. The lowest BCUT2D eigenvalue weighted by Gasteiger charge is -2.33. The summed E-state index contributed by atoms with van der Waals surface area (Å²) in [4.78, 5) is 14.0. The molecular weight excluding hydrogens is 206 g/mol. The Bertz CT molecular complexity index is 272. The van der Waals surface area contributed by atoms with Crippen LogP contribution in [0.4, 0.5) is 0 Å². The summed E-state index contributed by atoms with van der Waals surface area (Å²) in [7, 11) is 0. The summed E-state index contributed by atoms with van der Waals surface area (Å²) >= 11 is 0. The number of oxime groups is 1. The molecule has 0 unspecified atom stereocenters. The van der Waals surface area contributed by atoms with E-state index in [1.807, 2.05) is 20.8 Å². The van der Waals surface area contributed by atoms with Gasteiger partial charge in [-0.3, -0.25) is 4.79 Å². The highest BCUT2D eigenvalue weighted by molar-refractivity contribution is 6.05. The average Bonchev–Trinajstić information content (AvgIpc) is 2.23. The molecule has 0 aromatic heterocycles. The molecule has 5 nitrogen and oxygen atoms in total. The van der Waals surface area contributed by atoms with E-state index in [1.165, 1.54) is 0 Å². The van der Waals surface area contributed by atoms with E-state index in [9.17, 15) is 4.79 Å². The van der Waals surface area contributed by atoms with Gasteiger partial charge >= 0.3 is 0 Å². The number of carbonyl (C=O) groups excluding carboxylic acids is 1. The largest absolute Gasteiger partial charge is 0.409 e. The summed E-state index contributed by atoms with van der Waals surface area (Å²) in [5.74, 6) is -0.168. The second-order valence-electron chi connectivity index (χ2n) is 4.70. The maximum absolute atomic E-state index is 12.3. The van der Waals surface area contributed by atoms with Crippen LogP contribution in [0.2, 0.25) is 0 Å². The van der Waals surface area contributed by atoms with Crippen LogP contribution in [0.25, 0.3) is 0 Å². The highest BCUT2D eigenvalue weighted by atomic mass is 16.4. The van der Waals surface area contributed by atoms with Crippen molar-refractivity contribution in [2.45, 2.75) is 47.1 Å². The molecule has 0 saturated carbocycles. The zero-order chi connectivity index (χ0) is 12.9. The number of nitrogens with two attached hydrogens (primary N) is 1. The highest BCUT2D eigenvalue weighted by Gasteiger charge is 2.36. The molecule has 0 bridgehead atoms. The average molecular weight is 229 g/mol. The van der Waals surface area contributed by atoms with E-state index in [2.05, 4.69) is 5.16 Å². The van der Waals surface area contributed by atoms with Crippen molar-refractivity contribution < 1.29 is 10.0 Å². The number of hydrogen-bond acceptors (Lipinski definition) is 3. The quantitative estimate of drug-likeness (QED) is 0.324. The van der Waals surface area contributed by atoms with Crippen molar-refractivity contribution in [3.8, 4) is 0 Å². The van der Waals surface area contributed by atoms with Gasteiger partial charge in [-0.15, -0.1) is 0 Å². The molecule has 3 N–H and O–H groups in total.